The smallest absolute Gasteiger partial charge is 0.260 e. The van der Waals surface area contributed by atoms with Crippen LogP contribution in [0.3, 0.4) is 0 Å². The number of rotatable bonds is 3. The molecule has 4 heterocycles. The first-order valence-corrected chi connectivity index (χ1v) is 8.72. The zero-order valence-corrected chi connectivity index (χ0v) is 13.4. The van der Waals surface area contributed by atoms with Crippen molar-refractivity contribution in [1.29, 1.82) is 5.26 Å². The minimum atomic E-state index is -0.124. The highest BCUT2D eigenvalue weighted by Gasteiger charge is 2.12. The number of aromatic nitrogens is 3. The maximum absolute atomic E-state index is 12.0. The van der Waals surface area contributed by atoms with Gasteiger partial charge in [0.2, 0.25) is 0 Å². The first kappa shape index (κ1) is 14.1. The minimum absolute atomic E-state index is 0.124. The molecule has 0 saturated carbocycles. The second kappa shape index (κ2) is 5.57. The zero-order chi connectivity index (χ0) is 15.8. The van der Waals surface area contributed by atoms with Gasteiger partial charge in [-0.15, -0.1) is 11.3 Å². The Labute approximate surface area is 139 Å². The summed E-state index contributed by atoms with van der Waals surface area (Å²) in [7, 11) is 0. The first-order chi connectivity index (χ1) is 11.3. The molecule has 4 aromatic rings. The molecule has 0 aromatic carbocycles. The Bertz CT molecular complexity index is 1120. The molecule has 1 N–H and O–H groups in total. The lowest BCUT2D eigenvalue weighted by Crippen LogP contribution is -2.07. The average molecular weight is 338 g/mol. The quantitative estimate of drug-likeness (QED) is 0.459. The van der Waals surface area contributed by atoms with Crippen LogP contribution in [-0.2, 0) is 5.75 Å². The molecule has 0 atom stereocenters. The number of thioether (sulfide) groups is 1. The normalized spacial score (nSPS) is 11.1. The van der Waals surface area contributed by atoms with Gasteiger partial charge in [-0.1, -0.05) is 17.8 Å². The molecule has 0 spiro atoms. The van der Waals surface area contributed by atoms with E-state index in [4.69, 9.17) is 0 Å². The second-order valence-electron chi connectivity index (χ2n) is 4.93. The summed E-state index contributed by atoms with van der Waals surface area (Å²) in [5.41, 5.74) is 2.36. The third-order valence-electron chi connectivity index (χ3n) is 3.55. The Hall–Kier alpha value is -2.56. The summed E-state index contributed by atoms with van der Waals surface area (Å²) in [4.78, 5) is 20.0. The number of H-pyrrole nitrogens is 1. The third-order valence-corrected chi connectivity index (χ3v) is 5.28. The Morgan fingerprint density at radius 2 is 2.30 bits per heavy atom. The molecule has 7 heteroatoms. The van der Waals surface area contributed by atoms with E-state index in [1.165, 1.54) is 23.1 Å². The van der Waals surface area contributed by atoms with Gasteiger partial charge in [0.25, 0.3) is 5.56 Å². The standard InChI is InChI=1S/C16H10N4OS2/c17-7-12-10(8-20-5-2-1-3-13(12)20)9-23-16-18-14(21)11-4-6-22-15(11)19-16/h1-6,8H,9H2,(H,18,19,21). The Kier molecular flexibility index (Phi) is 3.41. The van der Waals surface area contributed by atoms with E-state index in [0.717, 1.165) is 15.9 Å². The van der Waals surface area contributed by atoms with E-state index in [1.807, 2.05) is 40.4 Å². The highest BCUT2D eigenvalue weighted by Crippen LogP contribution is 2.26. The Morgan fingerprint density at radius 3 is 3.17 bits per heavy atom. The van der Waals surface area contributed by atoms with Crippen LogP contribution in [0.25, 0.3) is 15.7 Å². The molecule has 0 aliphatic rings. The summed E-state index contributed by atoms with van der Waals surface area (Å²) < 4.78 is 1.94. The van der Waals surface area contributed by atoms with Gasteiger partial charge >= 0.3 is 0 Å². The molecule has 0 amide bonds. The molecule has 4 aromatic heterocycles. The van der Waals surface area contributed by atoms with E-state index >= 15 is 0 Å². The van der Waals surface area contributed by atoms with E-state index in [1.54, 1.807) is 6.07 Å². The molecule has 4 rings (SSSR count). The van der Waals surface area contributed by atoms with Crippen molar-refractivity contribution >= 4 is 38.8 Å². The monoisotopic (exact) mass is 338 g/mol. The van der Waals surface area contributed by atoms with E-state index in [2.05, 4.69) is 16.0 Å². The SMILES string of the molecule is N#Cc1c(CSc2nc3sccc3c(=O)[nH]2)cn2ccccc12. The number of thiophene rings is 1. The molecule has 0 radical (unpaired) electrons. The summed E-state index contributed by atoms with van der Waals surface area (Å²) in [6.45, 7) is 0. The molecular weight excluding hydrogens is 328 g/mol. The largest absolute Gasteiger partial charge is 0.322 e. The van der Waals surface area contributed by atoms with Crippen molar-refractivity contribution in [3.05, 3.63) is 63.5 Å². The molecule has 23 heavy (non-hydrogen) atoms. The van der Waals surface area contributed by atoms with Gasteiger partial charge in [-0.25, -0.2) is 4.98 Å². The van der Waals surface area contributed by atoms with Crippen molar-refractivity contribution in [2.24, 2.45) is 0 Å². The van der Waals surface area contributed by atoms with Crippen molar-refractivity contribution in [3.63, 3.8) is 0 Å². The summed E-state index contributed by atoms with van der Waals surface area (Å²) in [5, 5.41) is 12.5. The predicted octanol–water partition coefficient (Wildman–Crippen LogP) is 3.40. The van der Waals surface area contributed by atoms with Gasteiger partial charge in [0.15, 0.2) is 5.16 Å². The molecule has 112 valence electrons. The fraction of sp³-hybridized carbons (Fsp3) is 0.0625. The van der Waals surface area contributed by atoms with Crippen molar-refractivity contribution in [2.45, 2.75) is 10.9 Å². The topological polar surface area (TPSA) is 73.9 Å². The summed E-state index contributed by atoms with van der Waals surface area (Å²) in [6.07, 6.45) is 3.87. The van der Waals surface area contributed by atoms with Crippen LogP contribution in [0, 0.1) is 11.3 Å². The number of aromatic amines is 1. The van der Waals surface area contributed by atoms with Crippen LogP contribution in [0.15, 0.2) is 52.0 Å². The molecule has 0 aliphatic carbocycles. The van der Waals surface area contributed by atoms with Crippen LogP contribution in [0.2, 0.25) is 0 Å². The van der Waals surface area contributed by atoms with Crippen molar-refractivity contribution in [1.82, 2.24) is 14.4 Å². The zero-order valence-electron chi connectivity index (χ0n) is 11.8. The minimum Gasteiger partial charge on any atom is -0.322 e. The van der Waals surface area contributed by atoms with Gasteiger partial charge in [0.05, 0.1) is 16.5 Å². The van der Waals surface area contributed by atoms with Crippen LogP contribution >= 0.6 is 23.1 Å². The molecular formula is C16H10N4OS2. The maximum atomic E-state index is 12.0. The number of nitriles is 1. The summed E-state index contributed by atoms with van der Waals surface area (Å²) >= 11 is 2.87. The molecule has 0 fully saturated rings. The molecule has 5 nitrogen and oxygen atoms in total. The van der Waals surface area contributed by atoms with Crippen LogP contribution in [0.4, 0.5) is 0 Å². The van der Waals surface area contributed by atoms with Gasteiger partial charge in [0, 0.05) is 18.1 Å². The van der Waals surface area contributed by atoms with Gasteiger partial charge in [-0.05, 0) is 29.1 Å². The van der Waals surface area contributed by atoms with Crippen LogP contribution in [-0.4, -0.2) is 14.4 Å². The number of hydrogen-bond donors (Lipinski definition) is 1. The van der Waals surface area contributed by atoms with Crippen LogP contribution in [0.5, 0.6) is 0 Å². The number of nitrogens with one attached hydrogen (secondary N) is 1. The number of hydrogen-bond acceptors (Lipinski definition) is 5. The van der Waals surface area contributed by atoms with E-state index in [9.17, 15) is 10.1 Å². The number of nitrogens with zero attached hydrogens (tertiary/aromatic N) is 3. The van der Waals surface area contributed by atoms with Crippen LogP contribution in [0.1, 0.15) is 11.1 Å². The summed E-state index contributed by atoms with van der Waals surface area (Å²) in [5.74, 6) is 0.574. The highest BCUT2D eigenvalue weighted by molar-refractivity contribution is 7.98. The van der Waals surface area contributed by atoms with Gasteiger partial charge in [0.1, 0.15) is 10.9 Å². The number of pyridine rings is 1. The number of fused-ring (bicyclic) bond motifs is 2. The maximum Gasteiger partial charge on any atom is 0.260 e. The van der Waals surface area contributed by atoms with E-state index < -0.39 is 0 Å². The lowest BCUT2D eigenvalue weighted by atomic mass is 10.2. The average Bonchev–Trinajstić information content (AvgIpc) is 3.16. The first-order valence-electron chi connectivity index (χ1n) is 6.85. The Morgan fingerprint density at radius 1 is 1.39 bits per heavy atom. The fourth-order valence-corrected chi connectivity index (χ4v) is 4.13. The molecule has 0 bridgehead atoms. The van der Waals surface area contributed by atoms with Gasteiger partial charge in [-0.3, -0.25) is 4.79 Å². The molecule has 0 saturated heterocycles. The van der Waals surface area contributed by atoms with Crippen molar-refractivity contribution in [2.75, 3.05) is 0 Å². The van der Waals surface area contributed by atoms with Crippen molar-refractivity contribution in [3.8, 4) is 6.07 Å². The van der Waals surface area contributed by atoms with E-state index in [0.29, 0.717) is 21.9 Å². The van der Waals surface area contributed by atoms with Gasteiger partial charge < -0.3 is 9.38 Å². The lowest BCUT2D eigenvalue weighted by Gasteiger charge is -2.00. The van der Waals surface area contributed by atoms with Crippen LogP contribution < -0.4 is 5.56 Å². The Balaban J connectivity index is 1.68. The summed E-state index contributed by atoms with van der Waals surface area (Å²) in [6, 6.07) is 9.80. The van der Waals surface area contributed by atoms with Gasteiger partial charge in [-0.2, -0.15) is 5.26 Å². The lowest BCUT2D eigenvalue weighted by molar-refractivity contribution is 0.979. The predicted molar refractivity (Wildman–Crippen MR) is 91.9 cm³/mol. The fourth-order valence-electron chi connectivity index (χ4n) is 2.48. The third kappa shape index (κ3) is 2.42. The highest BCUT2D eigenvalue weighted by atomic mass is 32.2. The second-order valence-corrected chi connectivity index (χ2v) is 6.79. The van der Waals surface area contributed by atoms with E-state index in [-0.39, 0.29) is 5.56 Å². The molecule has 0 unspecified atom stereocenters. The van der Waals surface area contributed by atoms with Crippen molar-refractivity contribution < 1.29 is 0 Å². The molecule has 0 aliphatic heterocycles.